The average Bonchev–Trinajstić information content (AvgIpc) is 3.12. The fourth-order valence-corrected chi connectivity index (χ4v) is 6.37. The summed E-state index contributed by atoms with van der Waals surface area (Å²) in [5.74, 6) is -0.145. The van der Waals surface area contributed by atoms with E-state index in [4.69, 9.17) is 4.98 Å². The van der Waals surface area contributed by atoms with E-state index in [1.165, 1.54) is 13.0 Å². The number of rotatable bonds is 4. The van der Waals surface area contributed by atoms with Crippen LogP contribution in [0.1, 0.15) is 47.6 Å². The van der Waals surface area contributed by atoms with Crippen molar-refractivity contribution in [2.45, 2.75) is 37.1 Å². The van der Waals surface area contributed by atoms with Crippen molar-refractivity contribution in [3.8, 4) is 0 Å². The molecular weight excluding hydrogens is 380 g/mol. The minimum absolute atomic E-state index is 0.145. The van der Waals surface area contributed by atoms with Crippen LogP contribution in [0.5, 0.6) is 0 Å². The first-order chi connectivity index (χ1) is 13.0. The van der Waals surface area contributed by atoms with Crippen LogP contribution in [0.15, 0.2) is 53.4 Å². The third-order valence-electron chi connectivity index (χ3n) is 4.90. The van der Waals surface area contributed by atoms with E-state index in [2.05, 4.69) is 0 Å². The van der Waals surface area contributed by atoms with Gasteiger partial charge in [-0.25, -0.2) is 13.4 Å². The normalized spacial score (nSPS) is 18.6. The summed E-state index contributed by atoms with van der Waals surface area (Å²) in [4.78, 5) is 16.5. The molecule has 3 aromatic rings. The molecule has 27 heavy (non-hydrogen) atoms. The van der Waals surface area contributed by atoms with Crippen molar-refractivity contribution in [2.24, 2.45) is 0 Å². The maximum atomic E-state index is 13.4. The fourth-order valence-electron chi connectivity index (χ4n) is 3.48. The van der Waals surface area contributed by atoms with Crippen molar-refractivity contribution in [1.82, 2.24) is 9.29 Å². The quantitative estimate of drug-likeness (QED) is 0.608. The second-order valence-electron chi connectivity index (χ2n) is 6.73. The van der Waals surface area contributed by atoms with Crippen molar-refractivity contribution in [1.29, 1.82) is 0 Å². The van der Waals surface area contributed by atoms with Crippen LogP contribution < -0.4 is 0 Å². The predicted octanol–water partition coefficient (Wildman–Crippen LogP) is 4.41. The summed E-state index contributed by atoms with van der Waals surface area (Å²) < 4.78 is 29.3. The second-order valence-corrected chi connectivity index (χ2v) is 9.68. The molecule has 0 N–H and O–H groups in total. The highest BCUT2D eigenvalue weighted by Gasteiger charge is 2.36. The number of aromatic nitrogens is 1. The molecule has 0 radical (unpaired) electrons. The molecule has 2 aromatic carbocycles. The zero-order valence-corrected chi connectivity index (χ0v) is 16.6. The average molecular weight is 401 g/mol. The Balaban J connectivity index is 1.75. The third-order valence-corrected chi connectivity index (χ3v) is 7.94. The van der Waals surface area contributed by atoms with Crippen LogP contribution >= 0.6 is 11.3 Å². The summed E-state index contributed by atoms with van der Waals surface area (Å²) in [5, 5.41) is 0.835. The van der Waals surface area contributed by atoms with Crippen molar-refractivity contribution in [3.63, 3.8) is 0 Å². The zero-order chi connectivity index (χ0) is 19.0. The number of hydrogen-bond donors (Lipinski definition) is 0. The maximum absolute atomic E-state index is 13.4. The monoisotopic (exact) mass is 400 g/mol. The molecule has 0 spiro atoms. The lowest BCUT2D eigenvalue weighted by Crippen LogP contribution is -2.38. The van der Waals surface area contributed by atoms with Crippen LogP contribution in [-0.4, -0.2) is 30.0 Å². The number of piperidine rings is 1. The van der Waals surface area contributed by atoms with E-state index in [9.17, 15) is 13.2 Å². The Bertz CT molecular complexity index is 1070. The van der Waals surface area contributed by atoms with E-state index >= 15 is 0 Å². The van der Waals surface area contributed by atoms with Crippen LogP contribution in [0, 0.1) is 0 Å². The van der Waals surface area contributed by atoms with E-state index < -0.39 is 10.0 Å². The number of para-hydroxylation sites is 1. The second kappa shape index (κ2) is 7.14. The van der Waals surface area contributed by atoms with E-state index in [0.29, 0.717) is 12.1 Å². The van der Waals surface area contributed by atoms with Gasteiger partial charge in [-0.3, -0.25) is 4.79 Å². The number of hydrogen-bond acceptors (Lipinski definition) is 5. The summed E-state index contributed by atoms with van der Waals surface area (Å²) in [7, 11) is -3.71. The lowest BCUT2D eigenvalue weighted by Gasteiger charge is -2.33. The van der Waals surface area contributed by atoms with Crippen LogP contribution in [0.3, 0.4) is 0 Å². The molecule has 7 heteroatoms. The SMILES string of the molecule is CC(=O)c1cccc(S(=O)(=O)N2CCCCC2c2nc3ccccc3s2)c1. The van der Waals surface area contributed by atoms with Crippen molar-refractivity contribution >= 4 is 37.4 Å². The van der Waals surface area contributed by atoms with Crippen LogP contribution in [0.2, 0.25) is 0 Å². The molecule has 4 rings (SSSR count). The fraction of sp³-hybridized carbons (Fsp3) is 0.300. The molecular formula is C20H20N2O3S2. The van der Waals surface area contributed by atoms with Crippen molar-refractivity contribution < 1.29 is 13.2 Å². The smallest absolute Gasteiger partial charge is 0.243 e. The van der Waals surface area contributed by atoms with Gasteiger partial charge in [0.15, 0.2) is 5.78 Å². The Morgan fingerprint density at radius 1 is 1.15 bits per heavy atom. The van der Waals surface area contributed by atoms with Crippen LogP contribution in [-0.2, 0) is 10.0 Å². The standard InChI is InChI=1S/C20H20N2O3S2/c1-14(23)15-7-6-8-16(13-15)27(24,25)22-12-5-4-10-18(22)20-21-17-9-2-3-11-19(17)26-20/h2-3,6-9,11,13,18H,4-5,10,12H2,1H3. The van der Waals surface area contributed by atoms with Gasteiger partial charge in [-0.15, -0.1) is 11.3 Å². The third kappa shape index (κ3) is 3.42. The Hall–Kier alpha value is -2.09. The molecule has 1 aliphatic rings. The number of sulfonamides is 1. The van der Waals surface area contributed by atoms with Crippen LogP contribution in [0.25, 0.3) is 10.2 Å². The number of carbonyl (C=O) groups is 1. The van der Waals surface area contributed by atoms with Gasteiger partial charge in [-0.05, 0) is 44.0 Å². The highest BCUT2D eigenvalue weighted by atomic mass is 32.2. The number of fused-ring (bicyclic) bond motifs is 1. The van der Waals surface area contributed by atoms with Gasteiger partial charge in [0.1, 0.15) is 5.01 Å². The Labute approximate surface area is 162 Å². The number of ketones is 1. The first kappa shape index (κ1) is 18.3. The highest BCUT2D eigenvalue weighted by molar-refractivity contribution is 7.89. The molecule has 140 valence electrons. The molecule has 1 saturated heterocycles. The van der Waals surface area contributed by atoms with Gasteiger partial charge in [0, 0.05) is 12.1 Å². The van der Waals surface area contributed by atoms with Crippen molar-refractivity contribution in [2.75, 3.05) is 6.54 Å². The van der Waals surface area contributed by atoms with Crippen LogP contribution in [0.4, 0.5) is 0 Å². The summed E-state index contributed by atoms with van der Waals surface area (Å²) in [5.41, 5.74) is 1.31. The molecule has 1 unspecified atom stereocenters. The molecule has 5 nitrogen and oxygen atoms in total. The van der Waals surface area contributed by atoms with E-state index in [-0.39, 0.29) is 16.7 Å². The molecule has 0 bridgehead atoms. The molecule has 2 heterocycles. The van der Waals surface area contributed by atoms with E-state index in [0.717, 1.165) is 34.5 Å². The molecule has 1 atom stereocenters. The number of Topliss-reactive ketones (excluding diaryl/α,β-unsaturated/α-hetero) is 1. The number of carbonyl (C=O) groups excluding carboxylic acids is 1. The number of benzene rings is 2. The van der Waals surface area contributed by atoms with Gasteiger partial charge >= 0.3 is 0 Å². The minimum atomic E-state index is -3.71. The molecule has 0 aliphatic carbocycles. The Morgan fingerprint density at radius 3 is 2.74 bits per heavy atom. The molecule has 1 aromatic heterocycles. The van der Waals surface area contributed by atoms with Crippen molar-refractivity contribution in [3.05, 3.63) is 59.1 Å². The summed E-state index contributed by atoms with van der Waals surface area (Å²) in [6.07, 6.45) is 2.55. The Kier molecular flexibility index (Phi) is 4.84. The maximum Gasteiger partial charge on any atom is 0.243 e. The van der Waals surface area contributed by atoms with E-state index in [1.807, 2.05) is 24.3 Å². The molecule has 0 saturated carbocycles. The van der Waals surface area contributed by atoms with E-state index in [1.54, 1.807) is 33.8 Å². The van der Waals surface area contributed by atoms with Gasteiger partial charge in [0.2, 0.25) is 10.0 Å². The summed E-state index contributed by atoms with van der Waals surface area (Å²) in [6.45, 7) is 1.91. The molecule has 1 aliphatic heterocycles. The largest absolute Gasteiger partial charge is 0.295 e. The van der Waals surface area contributed by atoms with Gasteiger partial charge < -0.3 is 0 Å². The molecule has 1 fully saturated rings. The Morgan fingerprint density at radius 2 is 1.96 bits per heavy atom. The predicted molar refractivity (Wildman–Crippen MR) is 107 cm³/mol. The topological polar surface area (TPSA) is 67.3 Å². The first-order valence-corrected chi connectivity index (χ1v) is 11.2. The number of thiazole rings is 1. The zero-order valence-electron chi connectivity index (χ0n) is 15.0. The lowest BCUT2D eigenvalue weighted by atomic mass is 10.1. The minimum Gasteiger partial charge on any atom is -0.295 e. The summed E-state index contributed by atoms with van der Waals surface area (Å²) in [6, 6.07) is 13.9. The van der Waals surface area contributed by atoms with Gasteiger partial charge in [0.25, 0.3) is 0 Å². The summed E-state index contributed by atoms with van der Waals surface area (Å²) >= 11 is 1.56. The van der Waals surface area contributed by atoms with Gasteiger partial charge in [0.05, 0.1) is 21.2 Å². The first-order valence-electron chi connectivity index (χ1n) is 8.95. The van der Waals surface area contributed by atoms with Gasteiger partial charge in [-0.1, -0.05) is 30.7 Å². The van der Waals surface area contributed by atoms with Gasteiger partial charge in [-0.2, -0.15) is 4.31 Å². The molecule has 0 amide bonds. The lowest BCUT2D eigenvalue weighted by molar-refractivity contribution is 0.101. The highest BCUT2D eigenvalue weighted by Crippen LogP contribution is 2.38. The number of nitrogens with zero attached hydrogens (tertiary/aromatic N) is 2.